The van der Waals surface area contributed by atoms with Gasteiger partial charge in [0.2, 0.25) is 0 Å². The van der Waals surface area contributed by atoms with Gasteiger partial charge < -0.3 is 15.5 Å². The summed E-state index contributed by atoms with van der Waals surface area (Å²) in [6, 6.07) is 1.10. The zero-order valence-electron chi connectivity index (χ0n) is 11.0. The molecular formula is C12H15FN2O5. The Hall–Kier alpha value is -2.22. The lowest BCUT2D eigenvalue weighted by molar-refractivity contribution is -0.384. The van der Waals surface area contributed by atoms with Gasteiger partial charge in [0, 0.05) is 24.8 Å². The molecule has 0 aliphatic heterocycles. The van der Waals surface area contributed by atoms with E-state index in [1.807, 2.05) is 0 Å². The van der Waals surface area contributed by atoms with E-state index in [-0.39, 0.29) is 24.3 Å². The molecule has 8 heteroatoms. The van der Waals surface area contributed by atoms with E-state index in [4.69, 9.17) is 10.2 Å². The molecule has 0 fully saturated rings. The van der Waals surface area contributed by atoms with Crippen LogP contribution >= 0.6 is 0 Å². The topological polar surface area (TPSA) is 113 Å². The molecule has 110 valence electrons. The molecule has 1 aromatic carbocycles. The molecule has 0 bridgehead atoms. The van der Waals surface area contributed by atoms with E-state index in [0.29, 0.717) is 6.07 Å². The molecule has 0 amide bonds. The third-order valence-corrected chi connectivity index (χ3v) is 3.04. The largest absolute Gasteiger partial charge is 0.478 e. The fraction of sp³-hybridized carbons (Fsp3) is 0.417. The monoisotopic (exact) mass is 286 g/mol. The predicted molar refractivity (Wildman–Crippen MR) is 69.3 cm³/mol. The van der Waals surface area contributed by atoms with E-state index in [1.54, 1.807) is 13.8 Å². The second-order valence-electron chi connectivity index (χ2n) is 4.50. The molecule has 2 atom stereocenters. The van der Waals surface area contributed by atoms with Gasteiger partial charge in [-0.3, -0.25) is 10.1 Å². The molecule has 3 N–H and O–H groups in total. The van der Waals surface area contributed by atoms with Gasteiger partial charge in [-0.25, -0.2) is 9.18 Å². The number of anilines is 1. The van der Waals surface area contributed by atoms with Crippen LogP contribution in [0.3, 0.4) is 0 Å². The van der Waals surface area contributed by atoms with Crippen molar-refractivity contribution >= 4 is 17.3 Å². The first-order chi connectivity index (χ1) is 9.27. The van der Waals surface area contributed by atoms with Gasteiger partial charge in [0.25, 0.3) is 5.69 Å². The SMILES string of the molecule is CC(CO)C(C)Nc1cc(F)c(C(=O)O)cc1[N+](=O)[O-]. The Kier molecular flexibility index (Phi) is 4.98. The van der Waals surface area contributed by atoms with Gasteiger partial charge in [0.05, 0.1) is 4.92 Å². The first-order valence-corrected chi connectivity index (χ1v) is 5.86. The number of hydrogen-bond donors (Lipinski definition) is 3. The van der Waals surface area contributed by atoms with Crippen molar-refractivity contribution in [3.8, 4) is 0 Å². The van der Waals surface area contributed by atoms with E-state index in [9.17, 15) is 19.3 Å². The highest BCUT2D eigenvalue weighted by Gasteiger charge is 2.23. The number of benzene rings is 1. The van der Waals surface area contributed by atoms with E-state index >= 15 is 0 Å². The third kappa shape index (κ3) is 3.41. The van der Waals surface area contributed by atoms with Gasteiger partial charge in [-0.15, -0.1) is 0 Å². The van der Waals surface area contributed by atoms with Crippen molar-refractivity contribution < 1.29 is 24.3 Å². The molecule has 20 heavy (non-hydrogen) atoms. The maximum absolute atomic E-state index is 13.6. The van der Waals surface area contributed by atoms with Crippen LogP contribution in [0.25, 0.3) is 0 Å². The zero-order valence-corrected chi connectivity index (χ0v) is 11.0. The number of aromatic carboxylic acids is 1. The van der Waals surface area contributed by atoms with Crippen LogP contribution < -0.4 is 5.32 Å². The number of carboxylic acids is 1. The lowest BCUT2D eigenvalue weighted by Crippen LogP contribution is -2.26. The maximum atomic E-state index is 13.6. The minimum absolute atomic E-state index is 0.120. The first kappa shape index (κ1) is 15.8. The Morgan fingerprint density at radius 1 is 1.50 bits per heavy atom. The zero-order chi connectivity index (χ0) is 15.4. The number of carboxylic acid groups (broad SMARTS) is 1. The highest BCUT2D eigenvalue weighted by atomic mass is 19.1. The molecular weight excluding hydrogens is 271 g/mol. The summed E-state index contributed by atoms with van der Waals surface area (Å²) in [5, 5.41) is 31.4. The molecule has 0 saturated heterocycles. The number of aliphatic hydroxyl groups excluding tert-OH is 1. The van der Waals surface area contributed by atoms with Gasteiger partial charge in [0.15, 0.2) is 0 Å². The van der Waals surface area contributed by atoms with Crippen molar-refractivity contribution in [3.05, 3.63) is 33.6 Å². The number of hydrogen-bond acceptors (Lipinski definition) is 5. The van der Waals surface area contributed by atoms with Crippen molar-refractivity contribution in [3.63, 3.8) is 0 Å². The first-order valence-electron chi connectivity index (χ1n) is 5.86. The molecule has 7 nitrogen and oxygen atoms in total. The molecule has 0 aliphatic carbocycles. The van der Waals surface area contributed by atoms with Crippen LogP contribution in [0.2, 0.25) is 0 Å². The fourth-order valence-electron chi connectivity index (χ4n) is 1.54. The number of carbonyl (C=O) groups is 1. The summed E-state index contributed by atoms with van der Waals surface area (Å²) in [7, 11) is 0. The average Bonchev–Trinajstić information content (AvgIpc) is 2.36. The lowest BCUT2D eigenvalue weighted by atomic mass is 10.0. The Bertz CT molecular complexity index is 535. The minimum atomic E-state index is -1.58. The van der Waals surface area contributed by atoms with Crippen LogP contribution in [0.5, 0.6) is 0 Å². The second-order valence-corrected chi connectivity index (χ2v) is 4.50. The molecule has 0 saturated carbocycles. The molecule has 0 aromatic heterocycles. The van der Waals surface area contributed by atoms with E-state index in [1.165, 1.54) is 0 Å². The van der Waals surface area contributed by atoms with Crippen molar-refractivity contribution in [1.82, 2.24) is 0 Å². The third-order valence-electron chi connectivity index (χ3n) is 3.04. The lowest BCUT2D eigenvalue weighted by Gasteiger charge is -2.20. The highest BCUT2D eigenvalue weighted by Crippen LogP contribution is 2.29. The van der Waals surface area contributed by atoms with Crippen LogP contribution in [-0.2, 0) is 0 Å². The second kappa shape index (κ2) is 6.29. The van der Waals surface area contributed by atoms with Crippen molar-refractivity contribution in [2.45, 2.75) is 19.9 Å². The summed E-state index contributed by atoms with van der Waals surface area (Å²) in [5.41, 5.74) is -1.41. The smallest absolute Gasteiger partial charge is 0.338 e. The number of rotatable bonds is 6. The minimum Gasteiger partial charge on any atom is -0.478 e. The molecule has 0 aliphatic rings. The predicted octanol–water partition coefficient (Wildman–Crippen LogP) is 1.86. The number of halogens is 1. The molecule has 1 rings (SSSR count). The van der Waals surface area contributed by atoms with E-state index in [2.05, 4.69) is 5.32 Å². The van der Waals surface area contributed by atoms with E-state index in [0.717, 1.165) is 6.07 Å². The number of nitrogens with one attached hydrogen (secondary N) is 1. The van der Waals surface area contributed by atoms with Crippen LogP contribution in [0.4, 0.5) is 15.8 Å². The summed E-state index contributed by atoms with van der Waals surface area (Å²) in [5.74, 6) is -2.85. The maximum Gasteiger partial charge on any atom is 0.338 e. The summed E-state index contributed by atoms with van der Waals surface area (Å²) in [4.78, 5) is 20.9. The number of nitrogens with zero attached hydrogens (tertiary/aromatic N) is 1. The van der Waals surface area contributed by atoms with Crippen LogP contribution in [0.15, 0.2) is 12.1 Å². The van der Waals surface area contributed by atoms with Crippen molar-refractivity contribution in [2.24, 2.45) is 5.92 Å². The van der Waals surface area contributed by atoms with Crippen LogP contribution in [0, 0.1) is 21.8 Å². The van der Waals surface area contributed by atoms with Gasteiger partial charge in [-0.2, -0.15) is 0 Å². The van der Waals surface area contributed by atoms with Crippen LogP contribution in [-0.4, -0.2) is 33.8 Å². The van der Waals surface area contributed by atoms with Gasteiger partial charge >= 0.3 is 5.97 Å². The number of nitro benzene ring substituents is 1. The molecule has 0 spiro atoms. The van der Waals surface area contributed by atoms with Gasteiger partial charge in [0.1, 0.15) is 17.1 Å². The summed E-state index contributed by atoms with van der Waals surface area (Å²) < 4.78 is 13.6. The molecule has 2 unspecified atom stereocenters. The Morgan fingerprint density at radius 2 is 2.10 bits per heavy atom. The summed E-state index contributed by atoms with van der Waals surface area (Å²) in [6.07, 6.45) is 0. The molecule has 0 heterocycles. The average molecular weight is 286 g/mol. The summed E-state index contributed by atoms with van der Waals surface area (Å²) in [6.45, 7) is 3.25. The standard InChI is InChI=1S/C12H15FN2O5/c1-6(5-16)7(2)14-10-4-9(13)8(12(17)18)3-11(10)15(19)20/h3-4,6-7,14,16H,5H2,1-2H3,(H,17,18). The number of nitro groups is 1. The highest BCUT2D eigenvalue weighted by molar-refractivity contribution is 5.90. The Balaban J connectivity index is 3.22. The molecule has 0 radical (unpaired) electrons. The summed E-state index contributed by atoms with van der Waals surface area (Å²) >= 11 is 0. The van der Waals surface area contributed by atoms with Gasteiger partial charge in [-0.1, -0.05) is 6.92 Å². The normalized spacial score (nSPS) is 13.6. The van der Waals surface area contributed by atoms with E-state index < -0.39 is 28.0 Å². The molecule has 1 aromatic rings. The van der Waals surface area contributed by atoms with Crippen molar-refractivity contribution in [1.29, 1.82) is 0 Å². The Labute approximate surface area is 114 Å². The van der Waals surface area contributed by atoms with Crippen LogP contribution in [0.1, 0.15) is 24.2 Å². The van der Waals surface area contributed by atoms with Crippen molar-refractivity contribution in [2.75, 3.05) is 11.9 Å². The Morgan fingerprint density at radius 3 is 2.55 bits per heavy atom. The quantitative estimate of drug-likeness (QED) is 0.543. The van der Waals surface area contributed by atoms with Gasteiger partial charge in [-0.05, 0) is 12.8 Å². The number of aliphatic hydroxyl groups is 1. The fourth-order valence-corrected chi connectivity index (χ4v) is 1.54.